The molecule has 13 heteroatoms. The molecule has 1 amide bonds. The number of carbonyl (C=O) groups is 1. The Hall–Kier alpha value is -2.90. The van der Waals surface area contributed by atoms with Crippen molar-refractivity contribution in [1.82, 2.24) is 9.88 Å². The molecule has 1 heterocycles. The summed E-state index contributed by atoms with van der Waals surface area (Å²) in [6.45, 7) is 6.91. The van der Waals surface area contributed by atoms with Crippen molar-refractivity contribution in [3.8, 4) is 0 Å². The summed E-state index contributed by atoms with van der Waals surface area (Å²) in [5, 5.41) is 11.2. The number of nitrogens with one attached hydrogen (secondary N) is 1. The Balaban J connectivity index is 0.000000852. The Morgan fingerprint density at radius 2 is 1.79 bits per heavy atom. The molecule has 0 radical (unpaired) electrons. The molecule has 190 valence electrons. The largest absolute Gasteiger partial charge is 0.726 e. The molecule has 2 aromatic rings. The molecule has 0 bridgehead atoms. The van der Waals surface area contributed by atoms with Crippen LogP contribution in [0, 0.1) is 5.82 Å². The first-order valence-electron chi connectivity index (χ1n) is 10.5. The number of aryl methyl sites for hydroxylation is 2. The van der Waals surface area contributed by atoms with Gasteiger partial charge < -0.3 is 14.6 Å². The van der Waals surface area contributed by atoms with E-state index in [1.165, 1.54) is 12.1 Å². The third-order valence-corrected chi connectivity index (χ3v) is 4.48. The number of alkyl carbamates (subject to hydrolysis) is 1. The zero-order valence-electron chi connectivity index (χ0n) is 20.0. The highest BCUT2D eigenvalue weighted by molar-refractivity contribution is 7.80. The molecule has 0 aliphatic carbocycles. The number of hydrogen-bond donors (Lipinski definition) is 1. The molecule has 0 saturated carbocycles. The predicted octanol–water partition coefficient (Wildman–Crippen LogP) is 3.66. The van der Waals surface area contributed by atoms with E-state index in [0.29, 0.717) is 12.2 Å². The number of rotatable bonds is 9. The van der Waals surface area contributed by atoms with Crippen LogP contribution in [0.2, 0.25) is 0 Å². The molecule has 1 aromatic carbocycles. The molecule has 0 aliphatic heterocycles. The summed E-state index contributed by atoms with van der Waals surface area (Å²) in [4.78, 5) is 11.6. The van der Waals surface area contributed by atoms with Crippen molar-refractivity contribution in [2.24, 2.45) is 17.3 Å². The van der Waals surface area contributed by atoms with Gasteiger partial charge in [-0.25, -0.2) is 26.7 Å². The SMILES string of the molecule is COS(=O)(=O)[O-].C[n+]1ccn(CCCCCNC(=O)OC(C)(C)C)c1N=Nc1ccc(F)cc1. The van der Waals surface area contributed by atoms with E-state index in [0.717, 1.165) is 38.9 Å². The Kier molecular flexibility index (Phi) is 11.8. The maximum absolute atomic E-state index is 13.0. The maximum atomic E-state index is 13.0. The molecule has 1 N–H and O–H groups in total. The molecule has 0 unspecified atom stereocenters. The quantitative estimate of drug-likeness (QED) is 0.183. The lowest BCUT2D eigenvalue weighted by molar-refractivity contribution is -0.657. The summed E-state index contributed by atoms with van der Waals surface area (Å²) in [7, 11) is -1.70. The number of unbranched alkanes of at least 4 members (excludes halogenated alkanes) is 2. The van der Waals surface area contributed by atoms with Gasteiger partial charge in [-0.2, -0.15) is 0 Å². The summed E-state index contributed by atoms with van der Waals surface area (Å²) in [5.41, 5.74) is 0.120. The van der Waals surface area contributed by atoms with E-state index in [1.807, 2.05) is 49.3 Å². The summed E-state index contributed by atoms with van der Waals surface area (Å²) in [5.74, 6) is 0.422. The Morgan fingerprint density at radius 1 is 1.18 bits per heavy atom. The van der Waals surface area contributed by atoms with E-state index in [9.17, 15) is 22.2 Å². The minimum Gasteiger partial charge on any atom is -0.726 e. The van der Waals surface area contributed by atoms with Gasteiger partial charge in [0, 0.05) is 11.7 Å². The van der Waals surface area contributed by atoms with Crippen LogP contribution in [-0.2, 0) is 32.9 Å². The number of aromatic nitrogens is 2. The van der Waals surface area contributed by atoms with Crippen LogP contribution >= 0.6 is 0 Å². The van der Waals surface area contributed by atoms with Crippen LogP contribution in [0.15, 0.2) is 46.9 Å². The van der Waals surface area contributed by atoms with Crippen molar-refractivity contribution < 1.29 is 35.6 Å². The molecule has 0 spiro atoms. The van der Waals surface area contributed by atoms with Gasteiger partial charge >= 0.3 is 12.0 Å². The Morgan fingerprint density at radius 3 is 2.35 bits per heavy atom. The van der Waals surface area contributed by atoms with Crippen molar-refractivity contribution in [1.29, 1.82) is 0 Å². The minimum absolute atomic E-state index is 0.297. The minimum atomic E-state index is -4.41. The van der Waals surface area contributed by atoms with Crippen LogP contribution < -0.4 is 9.88 Å². The molecular weight excluding hydrogens is 469 g/mol. The first-order chi connectivity index (χ1) is 15.8. The van der Waals surface area contributed by atoms with Crippen LogP contribution in [0.4, 0.5) is 20.8 Å². The topological polar surface area (TPSA) is 138 Å². The first kappa shape index (κ1) is 29.1. The van der Waals surface area contributed by atoms with Gasteiger partial charge in [-0.3, -0.25) is 4.18 Å². The van der Waals surface area contributed by atoms with Gasteiger partial charge in [0.15, 0.2) is 0 Å². The molecule has 1 aromatic heterocycles. The fraction of sp³-hybridized carbons (Fsp3) is 0.524. The smallest absolute Gasteiger partial charge is 0.421 e. The number of halogens is 1. The van der Waals surface area contributed by atoms with Crippen LogP contribution in [-0.4, -0.2) is 42.9 Å². The average Bonchev–Trinajstić information content (AvgIpc) is 3.08. The van der Waals surface area contributed by atoms with E-state index in [1.54, 1.807) is 12.1 Å². The zero-order valence-corrected chi connectivity index (χ0v) is 20.8. The normalized spacial score (nSPS) is 11.7. The summed E-state index contributed by atoms with van der Waals surface area (Å²) in [6.07, 6.45) is 6.28. The number of imidazole rings is 1. The third kappa shape index (κ3) is 13.0. The number of hydrogen-bond acceptors (Lipinski definition) is 8. The van der Waals surface area contributed by atoms with E-state index in [2.05, 4.69) is 19.7 Å². The van der Waals surface area contributed by atoms with Crippen molar-refractivity contribution in [3.05, 3.63) is 42.5 Å². The van der Waals surface area contributed by atoms with E-state index in [4.69, 9.17) is 4.74 Å². The van der Waals surface area contributed by atoms with Gasteiger partial charge in [-0.1, -0.05) is 5.11 Å². The number of azo groups is 1. The Labute approximate surface area is 199 Å². The van der Waals surface area contributed by atoms with Gasteiger partial charge in [0.05, 0.1) is 33.1 Å². The number of nitrogens with zero attached hydrogens (tertiary/aromatic N) is 4. The highest BCUT2D eigenvalue weighted by Crippen LogP contribution is 2.17. The van der Waals surface area contributed by atoms with Crippen molar-refractivity contribution in [2.75, 3.05) is 13.7 Å². The van der Waals surface area contributed by atoms with E-state index >= 15 is 0 Å². The molecule has 0 aliphatic rings. The van der Waals surface area contributed by atoms with E-state index in [-0.39, 0.29) is 11.9 Å². The second-order valence-electron chi connectivity index (χ2n) is 8.14. The van der Waals surface area contributed by atoms with Crippen LogP contribution in [0.1, 0.15) is 40.0 Å². The lowest BCUT2D eigenvalue weighted by Crippen LogP contribution is -2.33. The molecule has 34 heavy (non-hydrogen) atoms. The molecular formula is C21H32FN5O6S. The van der Waals surface area contributed by atoms with Gasteiger partial charge in [0.1, 0.15) is 17.1 Å². The number of amides is 1. The summed E-state index contributed by atoms with van der Waals surface area (Å²) < 4.78 is 53.1. The van der Waals surface area contributed by atoms with Crippen molar-refractivity contribution >= 4 is 28.1 Å². The number of benzene rings is 1. The summed E-state index contributed by atoms with van der Waals surface area (Å²) >= 11 is 0. The van der Waals surface area contributed by atoms with Gasteiger partial charge in [0.25, 0.3) is 0 Å². The molecule has 0 saturated heterocycles. The predicted molar refractivity (Wildman–Crippen MR) is 121 cm³/mol. The monoisotopic (exact) mass is 501 g/mol. The number of carbonyl (C=O) groups excluding carboxylic acids is 1. The molecule has 0 fully saturated rings. The van der Waals surface area contributed by atoms with Crippen molar-refractivity contribution in [2.45, 2.75) is 52.2 Å². The van der Waals surface area contributed by atoms with Crippen LogP contribution in [0.3, 0.4) is 0 Å². The van der Waals surface area contributed by atoms with Crippen LogP contribution in [0.5, 0.6) is 0 Å². The third-order valence-electron chi connectivity index (χ3n) is 4.07. The standard InChI is InChI=1S/C20H28FN5O2.CH4O4S/c1-20(2,3)28-19(27)22-12-6-5-7-13-26-15-14-25(4)18(26)24-23-17-10-8-16(21)9-11-17;1-5-6(2,3)4/h8-11,14-15H,5-7,12-13H2,1-4H3;1H3,(H,2,3,4). The second kappa shape index (κ2) is 13.7. The van der Waals surface area contributed by atoms with Gasteiger partial charge in [-0.15, -0.1) is 0 Å². The van der Waals surface area contributed by atoms with Crippen LogP contribution in [0.25, 0.3) is 0 Å². The highest BCUT2D eigenvalue weighted by Gasteiger charge is 2.16. The summed E-state index contributed by atoms with van der Waals surface area (Å²) in [6, 6.07) is 5.89. The van der Waals surface area contributed by atoms with Gasteiger partial charge in [0.2, 0.25) is 10.4 Å². The zero-order chi connectivity index (χ0) is 25.8. The fourth-order valence-electron chi connectivity index (χ4n) is 2.52. The van der Waals surface area contributed by atoms with E-state index < -0.39 is 16.0 Å². The van der Waals surface area contributed by atoms with Gasteiger partial charge in [-0.05, 0) is 64.3 Å². The lowest BCUT2D eigenvalue weighted by Gasteiger charge is -2.19. The molecule has 2 rings (SSSR count). The fourth-order valence-corrected chi connectivity index (χ4v) is 2.52. The lowest BCUT2D eigenvalue weighted by atomic mass is 10.2. The highest BCUT2D eigenvalue weighted by atomic mass is 32.3. The second-order valence-corrected chi connectivity index (χ2v) is 9.29. The Bertz CT molecular complexity index is 1030. The average molecular weight is 502 g/mol. The molecule has 0 atom stereocenters. The van der Waals surface area contributed by atoms with Crippen molar-refractivity contribution in [3.63, 3.8) is 0 Å². The maximum Gasteiger partial charge on any atom is 0.421 e. The first-order valence-corrected chi connectivity index (χ1v) is 11.8. The molecule has 11 nitrogen and oxygen atoms in total. The number of ether oxygens (including phenoxy) is 1.